The Labute approximate surface area is 122 Å². The molecule has 0 aromatic heterocycles. The maximum atomic E-state index is 13.3. The first kappa shape index (κ1) is 15.3. The van der Waals surface area contributed by atoms with Crippen LogP contribution in [0.2, 0.25) is 0 Å². The second-order valence-corrected chi connectivity index (χ2v) is 5.64. The molecule has 2 rings (SSSR count). The number of halogens is 1. The van der Waals surface area contributed by atoms with Crippen LogP contribution in [-0.2, 0) is 4.79 Å². The number of hydrogen-bond donors (Lipinski definition) is 2. The van der Waals surface area contributed by atoms with Gasteiger partial charge in [0.1, 0.15) is 11.4 Å². The summed E-state index contributed by atoms with van der Waals surface area (Å²) in [6.45, 7) is 3.57. The van der Waals surface area contributed by atoms with Gasteiger partial charge in [0.2, 0.25) is 5.91 Å². The number of amides is 2. The van der Waals surface area contributed by atoms with E-state index in [4.69, 9.17) is 5.73 Å². The highest BCUT2D eigenvalue weighted by molar-refractivity contribution is 5.89. The molecule has 2 unspecified atom stereocenters. The van der Waals surface area contributed by atoms with E-state index in [1.165, 1.54) is 12.1 Å². The number of benzene rings is 1. The average Bonchev–Trinajstić information content (AvgIpc) is 2.39. The van der Waals surface area contributed by atoms with Crippen molar-refractivity contribution in [3.63, 3.8) is 0 Å². The summed E-state index contributed by atoms with van der Waals surface area (Å²) in [5.74, 6) is -1.42. The molecule has 0 spiro atoms. The normalized spacial score (nSPS) is 25.7. The first-order chi connectivity index (χ1) is 9.78. The molecule has 0 bridgehead atoms. The van der Waals surface area contributed by atoms with E-state index in [1.54, 1.807) is 19.9 Å². The van der Waals surface area contributed by atoms with Crippen LogP contribution in [0.1, 0.15) is 36.8 Å². The molecule has 3 N–H and O–H groups in total. The molecule has 1 aliphatic rings. The summed E-state index contributed by atoms with van der Waals surface area (Å²) in [5, 5.41) is 9.36. The largest absolute Gasteiger partial charge is 0.465 e. The molecule has 0 aliphatic carbocycles. The minimum Gasteiger partial charge on any atom is -0.465 e. The van der Waals surface area contributed by atoms with E-state index in [2.05, 4.69) is 0 Å². The maximum absolute atomic E-state index is 13.3. The molecule has 1 aromatic carbocycles. The zero-order chi connectivity index (χ0) is 15.8. The van der Waals surface area contributed by atoms with Gasteiger partial charge in [-0.1, -0.05) is 6.07 Å². The Hall–Kier alpha value is -2.11. The van der Waals surface area contributed by atoms with Crippen LogP contribution >= 0.6 is 0 Å². The van der Waals surface area contributed by atoms with E-state index < -0.39 is 17.5 Å². The highest BCUT2D eigenvalue weighted by Gasteiger charge is 2.50. The molecule has 114 valence electrons. The van der Waals surface area contributed by atoms with Crippen molar-refractivity contribution in [2.24, 2.45) is 5.73 Å². The van der Waals surface area contributed by atoms with Crippen LogP contribution in [-0.4, -0.2) is 34.1 Å². The first-order valence-electron chi connectivity index (χ1n) is 6.85. The molecule has 1 aliphatic heterocycles. The minimum absolute atomic E-state index is 0.269. The van der Waals surface area contributed by atoms with Gasteiger partial charge in [-0.25, -0.2) is 9.18 Å². The quantitative estimate of drug-likeness (QED) is 0.877. The smallest absolute Gasteiger partial charge is 0.408 e. The Morgan fingerprint density at radius 1 is 1.48 bits per heavy atom. The summed E-state index contributed by atoms with van der Waals surface area (Å²) < 4.78 is 13.3. The highest BCUT2D eigenvalue weighted by Crippen LogP contribution is 2.42. The standard InChI is InChI=1S/C15H19FN2O3/c1-9-8-10(16)5-6-11(9)12-4-3-7-18(14(20)21)15(12,2)13(17)19/h5-6,8,12H,3-4,7H2,1-2H3,(H2,17,19)(H,20,21). The molecular weight excluding hydrogens is 275 g/mol. The number of aryl methyl sites for hydroxylation is 1. The lowest BCUT2D eigenvalue weighted by Gasteiger charge is -2.47. The molecule has 1 aromatic rings. The molecule has 2 amide bonds. The summed E-state index contributed by atoms with van der Waals surface area (Å²) >= 11 is 0. The Morgan fingerprint density at radius 3 is 2.67 bits per heavy atom. The first-order valence-corrected chi connectivity index (χ1v) is 6.85. The Morgan fingerprint density at radius 2 is 2.14 bits per heavy atom. The molecule has 6 heteroatoms. The van der Waals surface area contributed by atoms with E-state index >= 15 is 0 Å². The van der Waals surface area contributed by atoms with Crippen molar-refractivity contribution in [3.8, 4) is 0 Å². The predicted octanol–water partition coefficient (Wildman–Crippen LogP) is 2.24. The predicted molar refractivity (Wildman–Crippen MR) is 75.4 cm³/mol. The molecule has 1 heterocycles. The fourth-order valence-electron chi connectivity index (χ4n) is 3.24. The fraction of sp³-hybridized carbons (Fsp3) is 0.467. The Kier molecular flexibility index (Phi) is 3.89. The summed E-state index contributed by atoms with van der Waals surface area (Å²) in [6, 6.07) is 4.32. The van der Waals surface area contributed by atoms with Gasteiger partial charge in [-0.3, -0.25) is 9.69 Å². The van der Waals surface area contributed by atoms with Gasteiger partial charge in [-0.15, -0.1) is 0 Å². The van der Waals surface area contributed by atoms with Gasteiger partial charge in [0.25, 0.3) is 0 Å². The van der Waals surface area contributed by atoms with E-state index in [0.29, 0.717) is 18.4 Å². The van der Waals surface area contributed by atoms with Gasteiger partial charge in [0.05, 0.1) is 0 Å². The average molecular weight is 294 g/mol. The molecule has 21 heavy (non-hydrogen) atoms. The third-order valence-electron chi connectivity index (χ3n) is 4.45. The van der Waals surface area contributed by atoms with Crippen LogP contribution < -0.4 is 5.73 Å². The molecule has 2 atom stereocenters. The van der Waals surface area contributed by atoms with Crippen LogP contribution in [0.4, 0.5) is 9.18 Å². The van der Waals surface area contributed by atoms with Crippen LogP contribution in [0, 0.1) is 12.7 Å². The number of likely N-dealkylation sites (tertiary alicyclic amines) is 1. The molecule has 1 fully saturated rings. The number of nitrogens with two attached hydrogens (primary N) is 1. The second kappa shape index (κ2) is 5.35. The zero-order valence-electron chi connectivity index (χ0n) is 12.1. The van der Waals surface area contributed by atoms with Crippen molar-refractivity contribution in [1.82, 2.24) is 4.90 Å². The van der Waals surface area contributed by atoms with E-state index in [1.807, 2.05) is 0 Å². The lowest BCUT2D eigenvalue weighted by atomic mass is 9.72. The monoisotopic (exact) mass is 294 g/mol. The third kappa shape index (κ3) is 2.46. The van der Waals surface area contributed by atoms with Crippen molar-refractivity contribution < 1.29 is 19.1 Å². The molecular formula is C15H19FN2O3. The van der Waals surface area contributed by atoms with E-state index in [-0.39, 0.29) is 18.3 Å². The summed E-state index contributed by atoms with van der Waals surface area (Å²) in [5.41, 5.74) is 5.65. The van der Waals surface area contributed by atoms with Gasteiger partial charge in [-0.2, -0.15) is 0 Å². The van der Waals surface area contributed by atoms with E-state index in [9.17, 15) is 19.1 Å². The van der Waals surface area contributed by atoms with Crippen molar-refractivity contribution >= 4 is 12.0 Å². The molecule has 1 saturated heterocycles. The highest BCUT2D eigenvalue weighted by atomic mass is 19.1. The van der Waals surface area contributed by atoms with Gasteiger partial charge in [0, 0.05) is 12.5 Å². The minimum atomic E-state index is -1.33. The van der Waals surface area contributed by atoms with E-state index in [0.717, 1.165) is 10.5 Å². The SMILES string of the molecule is Cc1cc(F)ccc1C1CCCN(C(=O)O)C1(C)C(N)=O. The van der Waals surface area contributed by atoms with Crippen LogP contribution in [0.5, 0.6) is 0 Å². The van der Waals surface area contributed by atoms with Gasteiger partial charge >= 0.3 is 6.09 Å². The number of carbonyl (C=O) groups is 2. The summed E-state index contributed by atoms with van der Waals surface area (Å²) in [4.78, 5) is 24.5. The summed E-state index contributed by atoms with van der Waals surface area (Å²) in [7, 11) is 0. The maximum Gasteiger partial charge on any atom is 0.408 e. The number of primary amides is 1. The number of hydrogen-bond acceptors (Lipinski definition) is 2. The zero-order valence-corrected chi connectivity index (χ0v) is 12.1. The fourth-order valence-corrected chi connectivity index (χ4v) is 3.24. The van der Waals surface area contributed by atoms with Gasteiger partial charge < -0.3 is 10.8 Å². The number of carbonyl (C=O) groups excluding carboxylic acids is 1. The van der Waals surface area contributed by atoms with Crippen LogP contribution in [0.15, 0.2) is 18.2 Å². The van der Waals surface area contributed by atoms with Crippen molar-refractivity contribution in [2.75, 3.05) is 6.54 Å². The molecule has 5 nitrogen and oxygen atoms in total. The summed E-state index contributed by atoms with van der Waals surface area (Å²) in [6.07, 6.45) is 0.104. The van der Waals surface area contributed by atoms with Crippen LogP contribution in [0.3, 0.4) is 0 Å². The number of rotatable bonds is 2. The van der Waals surface area contributed by atoms with Gasteiger partial charge in [0.15, 0.2) is 0 Å². The molecule has 0 saturated carbocycles. The number of carboxylic acid groups (broad SMARTS) is 1. The van der Waals surface area contributed by atoms with Crippen LogP contribution in [0.25, 0.3) is 0 Å². The Balaban J connectivity index is 2.54. The number of piperidine rings is 1. The molecule has 0 radical (unpaired) electrons. The topological polar surface area (TPSA) is 83.6 Å². The van der Waals surface area contributed by atoms with Crippen molar-refractivity contribution in [2.45, 2.75) is 38.1 Å². The third-order valence-corrected chi connectivity index (χ3v) is 4.45. The lowest BCUT2D eigenvalue weighted by molar-refractivity contribution is -0.131. The number of nitrogens with zero attached hydrogens (tertiary/aromatic N) is 1. The Bertz CT molecular complexity index is 590. The second-order valence-electron chi connectivity index (χ2n) is 5.64. The van der Waals surface area contributed by atoms with Crippen molar-refractivity contribution in [1.29, 1.82) is 0 Å². The lowest BCUT2D eigenvalue weighted by Crippen LogP contribution is -2.63. The van der Waals surface area contributed by atoms with Crippen molar-refractivity contribution in [3.05, 3.63) is 35.1 Å². The van der Waals surface area contributed by atoms with Gasteiger partial charge in [-0.05, 0) is 49.9 Å².